The number of carbonyl (C=O) groups excluding carboxylic acids is 2. The van der Waals surface area contributed by atoms with E-state index in [1.165, 1.54) is 12.1 Å². The minimum atomic E-state index is -1.09. The van der Waals surface area contributed by atoms with E-state index in [1.807, 2.05) is 0 Å². The van der Waals surface area contributed by atoms with E-state index in [2.05, 4.69) is 5.32 Å². The van der Waals surface area contributed by atoms with Crippen LogP contribution in [0.3, 0.4) is 0 Å². The van der Waals surface area contributed by atoms with E-state index in [1.54, 1.807) is 12.1 Å². The van der Waals surface area contributed by atoms with Gasteiger partial charge in [0.25, 0.3) is 0 Å². The highest BCUT2D eigenvalue weighted by atomic mass is 19.1. The molecular weight excluding hydrogens is 285 g/mol. The molecule has 5 heteroatoms. The van der Waals surface area contributed by atoms with Gasteiger partial charge in [-0.15, -0.1) is 0 Å². The monoisotopic (exact) mass is 304 g/mol. The molecular formula is C17H19FNO3-. The molecule has 1 amide bonds. The van der Waals surface area contributed by atoms with Gasteiger partial charge in [0.05, 0.1) is 0 Å². The van der Waals surface area contributed by atoms with Crippen LogP contribution in [0.2, 0.25) is 0 Å². The molecule has 0 unspecified atom stereocenters. The number of carboxylic acids is 1. The maximum atomic E-state index is 12.8. The molecule has 1 aromatic rings. The highest BCUT2D eigenvalue weighted by Gasteiger charge is 2.51. The van der Waals surface area contributed by atoms with Crippen molar-refractivity contribution >= 4 is 11.9 Å². The number of hydrogen-bond donors (Lipinski definition) is 1. The Hall–Kier alpha value is -1.91. The fraction of sp³-hybridized carbons (Fsp3) is 0.529. The molecule has 4 atom stereocenters. The number of amides is 1. The fourth-order valence-electron chi connectivity index (χ4n) is 4.11. The van der Waals surface area contributed by atoms with E-state index in [9.17, 15) is 19.1 Å². The average molecular weight is 304 g/mol. The summed E-state index contributed by atoms with van der Waals surface area (Å²) in [6.45, 7) is 0.429. The summed E-state index contributed by atoms with van der Waals surface area (Å²) < 4.78 is 12.8. The third-order valence-corrected chi connectivity index (χ3v) is 5.12. The number of halogens is 1. The van der Waals surface area contributed by atoms with Gasteiger partial charge in [-0.3, -0.25) is 4.79 Å². The molecule has 3 rings (SSSR count). The predicted molar refractivity (Wildman–Crippen MR) is 75.9 cm³/mol. The molecule has 1 N–H and O–H groups in total. The number of aliphatic carboxylic acids is 1. The van der Waals surface area contributed by atoms with Gasteiger partial charge in [-0.2, -0.15) is 0 Å². The number of fused-ring (bicyclic) bond motifs is 2. The minimum absolute atomic E-state index is 0.0999. The van der Waals surface area contributed by atoms with Gasteiger partial charge in [-0.25, -0.2) is 4.39 Å². The van der Waals surface area contributed by atoms with Gasteiger partial charge in [0.2, 0.25) is 5.91 Å². The SMILES string of the molecule is O=C(NCCc1ccc(F)cc1)[C@@H]1[C@H]2CC[C@@H](C2)[C@@H]1C(=O)[O-]. The van der Waals surface area contributed by atoms with Crippen LogP contribution in [0.5, 0.6) is 0 Å². The normalized spacial score (nSPS) is 29.5. The van der Waals surface area contributed by atoms with Crippen LogP contribution >= 0.6 is 0 Å². The molecule has 1 aromatic carbocycles. The highest BCUT2D eigenvalue weighted by molar-refractivity contribution is 5.85. The van der Waals surface area contributed by atoms with Crippen molar-refractivity contribution in [3.05, 3.63) is 35.6 Å². The van der Waals surface area contributed by atoms with Gasteiger partial charge in [0.1, 0.15) is 5.82 Å². The molecule has 22 heavy (non-hydrogen) atoms. The van der Waals surface area contributed by atoms with Crippen LogP contribution in [0.1, 0.15) is 24.8 Å². The van der Waals surface area contributed by atoms with Crippen LogP contribution in [-0.4, -0.2) is 18.4 Å². The zero-order valence-electron chi connectivity index (χ0n) is 12.3. The summed E-state index contributed by atoms with van der Waals surface area (Å²) in [6.07, 6.45) is 3.25. The van der Waals surface area contributed by atoms with Gasteiger partial charge < -0.3 is 15.2 Å². The quantitative estimate of drug-likeness (QED) is 0.878. The second-order valence-corrected chi connectivity index (χ2v) is 6.37. The van der Waals surface area contributed by atoms with Crippen molar-refractivity contribution in [2.45, 2.75) is 25.7 Å². The summed E-state index contributed by atoms with van der Waals surface area (Å²) in [5.41, 5.74) is 0.936. The van der Waals surface area contributed by atoms with Crippen molar-refractivity contribution < 1.29 is 19.1 Å². The van der Waals surface area contributed by atoms with Crippen molar-refractivity contribution in [1.82, 2.24) is 5.32 Å². The van der Waals surface area contributed by atoms with Crippen LogP contribution in [0.25, 0.3) is 0 Å². The van der Waals surface area contributed by atoms with Crippen LogP contribution in [0.4, 0.5) is 4.39 Å². The maximum absolute atomic E-state index is 12.8. The molecule has 0 heterocycles. The molecule has 0 radical (unpaired) electrons. The van der Waals surface area contributed by atoms with E-state index in [4.69, 9.17) is 0 Å². The number of carbonyl (C=O) groups is 2. The molecule has 0 aromatic heterocycles. The first-order valence-corrected chi connectivity index (χ1v) is 7.79. The Kier molecular flexibility index (Phi) is 4.14. The van der Waals surface area contributed by atoms with Gasteiger partial charge >= 0.3 is 0 Å². The zero-order valence-corrected chi connectivity index (χ0v) is 12.3. The van der Waals surface area contributed by atoms with Crippen molar-refractivity contribution in [3.63, 3.8) is 0 Å². The number of benzene rings is 1. The summed E-state index contributed by atoms with van der Waals surface area (Å²) in [5, 5.41) is 14.1. The topological polar surface area (TPSA) is 69.2 Å². The first kappa shape index (κ1) is 15.0. The highest BCUT2D eigenvalue weighted by Crippen LogP contribution is 2.52. The first-order chi connectivity index (χ1) is 10.6. The Morgan fingerprint density at radius 2 is 1.77 bits per heavy atom. The van der Waals surface area contributed by atoms with E-state index in [0.29, 0.717) is 13.0 Å². The summed E-state index contributed by atoms with van der Waals surface area (Å²) in [6, 6.07) is 6.14. The third kappa shape index (κ3) is 2.85. The minimum Gasteiger partial charge on any atom is -0.550 e. The van der Waals surface area contributed by atoms with Gasteiger partial charge in [-0.05, 0) is 55.2 Å². The number of hydrogen-bond acceptors (Lipinski definition) is 3. The van der Waals surface area contributed by atoms with Gasteiger partial charge in [0.15, 0.2) is 0 Å². The zero-order chi connectivity index (χ0) is 15.7. The van der Waals surface area contributed by atoms with Crippen LogP contribution in [0.15, 0.2) is 24.3 Å². The summed E-state index contributed by atoms with van der Waals surface area (Å²) in [7, 11) is 0. The van der Waals surface area contributed by atoms with Crippen molar-refractivity contribution in [2.75, 3.05) is 6.54 Å². The van der Waals surface area contributed by atoms with E-state index in [-0.39, 0.29) is 23.6 Å². The second-order valence-electron chi connectivity index (χ2n) is 6.37. The number of rotatable bonds is 5. The molecule has 2 aliphatic rings. The van der Waals surface area contributed by atoms with Crippen LogP contribution in [-0.2, 0) is 16.0 Å². The average Bonchev–Trinajstić information content (AvgIpc) is 3.09. The smallest absolute Gasteiger partial charge is 0.224 e. The standard InChI is InChI=1S/C17H20FNO3/c18-13-5-1-10(2-6-13)7-8-19-16(20)14-11-3-4-12(9-11)15(14)17(21)22/h1-2,5-6,11-12,14-15H,3-4,7-9H2,(H,19,20)(H,21,22)/p-1/t11-,12-,14+,15-/m0/s1. The van der Waals surface area contributed by atoms with Crippen LogP contribution in [0, 0.1) is 29.5 Å². The van der Waals surface area contributed by atoms with Gasteiger partial charge in [0, 0.05) is 24.3 Å². The van der Waals surface area contributed by atoms with E-state index < -0.39 is 17.8 Å². The van der Waals surface area contributed by atoms with E-state index >= 15 is 0 Å². The molecule has 0 saturated heterocycles. The Morgan fingerprint density at radius 1 is 1.14 bits per heavy atom. The summed E-state index contributed by atoms with van der Waals surface area (Å²) >= 11 is 0. The Morgan fingerprint density at radius 3 is 2.41 bits per heavy atom. The predicted octanol–water partition coefficient (Wildman–Crippen LogP) is 0.897. The van der Waals surface area contributed by atoms with Gasteiger partial charge in [-0.1, -0.05) is 12.1 Å². The molecule has 0 spiro atoms. The molecule has 0 aliphatic heterocycles. The Balaban J connectivity index is 1.55. The van der Waals surface area contributed by atoms with Crippen LogP contribution < -0.4 is 10.4 Å². The Bertz CT molecular complexity index is 572. The lowest BCUT2D eigenvalue weighted by Crippen LogP contribution is -2.46. The molecule has 2 bridgehead atoms. The maximum Gasteiger partial charge on any atom is 0.224 e. The molecule has 118 valence electrons. The molecule has 2 fully saturated rings. The Labute approximate surface area is 128 Å². The lowest BCUT2D eigenvalue weighted by Gasteiger charge is -2.30. The summed E-state index contributed by atoms with van der Waals surface area (Å²) in [5.74, 6) is -2.36. The second kappa shape index (κ2) is 6.07. The largest absolute Gasteiger partial charge is 0.550 e. The number of nitrogens with one attached hydrogen (secondary N) is 1. The molecule has 2 aliphatic carbocycles. The lowest BCUT2D eigenvalue weighted by molar-refractivity contribution is -0.314. The lowest BCUT2D eigenvalue weighted by atomic mass is 9.78. The van der Waals surface area contributed by atoms with Crippen molar-refractivity contribution in [1.29, 1.82) is 0 Å². The van der Waals surface area contributed by atoms with E-state index in [0.717, 1.165) is 24.8 Å². The molecule has 4 nitrogen and oxygen atoms in total. The van der Waals surface area contributed by atoms with Crippen molar-refractivity contribution in [2.24, 2.45) is 23.7 Å². The fourth-order valence-corrected chi connectivity index (χ4v) is 4.11. The molecule has 2 saturated carbocycles. The van der Waals surface area contributed by atoms with Crippen molar-refractivity contribution in [3.8, 4) is 0 Å². The number of carboxylic acid groups (broad SMARTS) is 1. The third-order valence-electron chi connectivity index (χ3n) is 5.12. The summed E-state index contributed by atoms with van der Waals surface area (Å²) in [4.78, 5) is 23.6. The first-order valence-electron chi connectivity index (χ1n) is 7.79.